The molecule has 1 atom stereocenters. The first-order valence-electron chi connectivity index (χ1n) is 8.88. The molecule has 0 saturated heterocycles. The largest absolute Gasteiger partial charge is 0.384 e. The highest BCUT2D eigenvalue weighted by atomic mass is 16.5. The maximum Gasteiger partial charge on any atom is 0.255 e. The Bertz CT molecular complexity index is 935. The molecule has 0 aliphatic heterocycles. The number of methoxy groups -OCH3 is 1. The smallest absolute Gasteiger partial charge is 0.255 e. The van der Waals surface area contributed by atoms with Crippen molar-refractivity contribution in [3.63, 3.8) is 0 Å². The number of amides is 1. The average Bonchev–Trinajstić information content (AvgIpc) is 3.16. The van der Waals surface area contributed by atoms with Crippen LogP contribution in [0.1, 0.15) is 28.5 Å². The number of nitrogen functional groups attached to an aromatic ring is 1. The minimum atomic E-state index is -0.784. The van der Waals surface area contributed by atoms with Crippen molar-refractivity contribution in [2.24, 2.45) is 5.73 Å². The van der Waals surface area contributed by atoms with Crippen LogP contribution in [0.15, 0.2) is 66.9 Å². The number of benzene rings is 2. The van der Waals surface area contributed by atoms with Gasteiger partial charge in [0.15, 0.2) is 6.10 Å². The third-order valence-electron chi connectivity index (χ3n) is 4.32. The van der Waals surface area contributed by atoms with Gasteiger partial charge < -0.3 is 15.8 Å². The van der Waals surface area contributed by atoms with E-state index in [-0.39, 0.29) is 11.7 Å². The number of amidine groups is 1. The molecule has 0 bridgehead atoms. The lowest BCUT2D eigenvalue weighted by molar-refractivity contribution is -0.131. The van der Waals surface area contributed by atoms with Gasteiger partial charge in [0.25, 0.3) is 5.91 Å². The van der Waals surface area contributed by atoms with Gasteiger partial charge in [-0.1, -0.05) is 54.6 Å². The monoisotopic (exact) mass is 377 g/mol. The van der Waals surface area contributed by atoms with Crippen molar-refractivity contribution in [1.29, 1.82) is 5.41 Å². The zero-order valence-electron chi connectivity index (χ0n) is 15.6. The Morgan fingerprint density at radius 2 is 1.86 bits per heavy atom. The van der Waals surface area contributed by atoms with Crippen LogP contribution in [-0.2, 0) is 22.6 Å². The Labute approximate surface area is 163 Å². The van der Waals surface area contributed by atoms with E-state index in [2.05, 4.69) is 10.4 Å². The zero-order valence-corrected chi connectivity index (χ0v) is 15.6. The van der Waals surface area contributed by atoms with Crippen LogP contribution in [0.3, 0.4) is 0 Å². The molecule has 2 aromatic carbocycles. The van der Waals surface area contributed by atoms with Gasteiger partial charge in [-0.05, 0) is 17.2 Å². The number of nitrogens with zero attached hydrogens (tertiary/aromatic N) is 2. The Kier molecular flexibility index (Phi) is 6.18. The van der Waals surface area contributed by atoms with Crippen molar-refractivity contribution in [3.05, 3.63) is 89.2 Å². The first kappa shape index (κ1) is 19.3. The zero-order chi connectivity index (χ0) is 19.9. The van der Waals surface area contributed by atoms with Gasteiger partial charge in [-0.15, -0.1) is 0 Å². The van der Waals surface area contributed by atoms with Crippen molar-refractivity contribution < 1.29 is 9.53 Å². The second-order valence-corrected chi connectivity index (χ2v) is 6.37. The number of nitrogens with two attached hydrogens (primary N) is 1. The normalized spacial score (nSPS) is 11.8. The number of rotatable bonds is 8. The molecule has 0 radical (unpaired) electrons. The fourth-order valence-corrected chi connectivity index (χ4v) is 2.82. The molecule has 4 N–H and O–H groups in total. The Morgan fingerprint density at radius 3 is 2.50 bits per heavy atom. The van der Waals surface area contributed by atoms with Crippen LogP contribution >= 0.6 is 0 Å². The summed E-state index contributed by atoms with van der Waals surface area (Å²) < 4.78 is 7.15. The minimum absolute atomic E-state index is 0.0149. The van der Waals surface area contributed by atoms with Crippen LogP contribution in [0.5, 0.6) is 0 Å². The molecule has 1 aromatic heterocycles. The molecule has 7 heteroatoms. The summed E-state index contributed by atoms with van der Waals surface area (Å²) in [6, 6.07) is 18.9. The first-order chi connectivity index (χ1) is 13.6. The van der Waals surface area contributed by atoms with Gasteiger partial charge in [-0.25, -0.2) is 0 Å². The van der Waals surface area contributed by atoms with Crippen molar-refractivity contribution in [2.75, 3.05) is 7.11 Å². The number of carbonyl (C=O) groups excluding carboxylic acids is 1. The highest BCUT2D eigenvalue weighted by molar-refractivity contribution is 5.94. The summed E-state index contributed by atoms with van der Waals surface area (Å²) >= 11 is 0. The van der Waals surface area contributed by atoms with Gasteiger partial charge in [-0.2, -0.15) is 5.10 Å². The maximum absolute atomic E-state index is 12.6. The van der Waals surface area contributed by atoms with E-state index in [1.165, 1.54) is 7.11 Å². The molecule has 1 amide bonds. The summed E-state index contributed by atoms with van der Waals surface area (Å²) in [5.41, 5.74) is 8.69. The van der Waals surface area contributed by atoms with Crippen LogP contribution < -0.4 is 11.1 Å². The Balaban J connectivity index is 1.61. The predicted molar refractivity (Wildman–Crippen MR) is 107 cm³/mol. The van der Waals surface area contributed by atoms with E-state index in [9.17, 15) is 4.79 Å². The summed E-state index contributed by atoms with van der Waals surface area (Å²) in [7, 11) is 1.49. The van der Waals surface area contributed by atoms with Crippen LogP contribution in [0, 0.1) is 5.41 Å². The number of carbonyl (C=O) groups is 1. The second kappa shape index (κ2) is 8.96. The van der Waals surface area contributed by atoms with Gasteiger partial charge >= 0.3 is 0 Å². The summed E-state index contributed by atoms with van der Waals surface area (Å²) in [5.74, 6) is -0.246. The quantitative estimate of drug-likeness (QED) is 0.413. The molecule has 7 nitrogen and oxygen atoms in total. The van der Waals surface area contributed by atoms with E-state index in [4.69, 9.17) is 15.9 Å². The third kappa shape index (κ3) is 4.83. The third-order valence-corrected chi connectivity index (χ3v) is 4.32. The van der Waals surface area contributed by atoms with E-state index < -0.39 is 6.10 Å². The lowest BCUT2D eigenvalue weighted by atomic mass is 10.1. The molecule has 3 rings (SSSR count). The summed E-state index contributed by atoms with van der Waals surface area (Å²) in [6.07, 6.45) is 1.05. The fraction of sp³-hybridized carbons (Fsp3) is 0.190. The molecule has 144 valence electrons. The summed E-state index contributed by atoms with van der Waals surface area (Å²) in [4.78, 5) is 12.6. The second-order valence-electron chi connectivity index (χ2n) is 6.37. The molecule has 0 fully saturated rings. The lowest BCUT2D eigenvalue weighted by Gasteiger charge is -2.13. The number of nitrogens with one attached hydrogen (secondary N) is 2. The van der Waals surface area contributed by atoms with Gasteiger partial charge in [0.05, 0.1) is 6.54 Å². The molecule has 1 unspecified atom stereocenters. The number of hydrogen-bond acceptors (Lipinski definition) is 4. The molecule has 28 heavy (non-hydrogen) atoms. The van der Waals surface area contributed by atoms with Crippen molar-refractivity contribution in [2.45, 2.75) is 19.2 Å². The number of aromatic nitrogens is 2. The maximum atomic E-state index is 12.6. The van der Waals surface area contributed by atoms with Crippen molar-refractivity contribution >= 4 is 11.7 Å². The van der Waals surface area contributed by atoms with Crippen LogP contribution in [0.4, 0.5) is 0 Å². The predicted octanol–water partition coefficient (Wildman–Crippen LogP) is 2.22. The number of hydrogen-bond donors (Lipinski definition) is 3. The van der Waals surface area contributed by atoms with Crippen LogP contribution in [0.2, 0.25) is 0 Å². The highest BCUT2D eigenvalue weighted by Crippen LogP contribution is 2.15. The lowest BCUT2D eigenvalue weighted by Crippen LogP contribution is -2.30. The van der Waals surface area contributed by atoms with Crippen molar-refractivity contribution in [1.82, 2.24) is 15.1 Å². The topological polar surface area (TPSA) is 106 Å². The molecule has 0 aliphatic rings. The van der Waals surface area contributed by atoms with E-state index in [1.54, 1.807) is 22.9 Å². The van der Waals surface area contributed by atoms with E-state index in [0.29, 0.717) is 24.3 Å². The Hall–Kier alpha value is -3.45. The molecule has 1 heterocycles. The van der Waals surface area contributed by atoms with Gasteiger partial charge in [-0.3, -0.25) is 14.9 Å². The molecule has 0 spiro atoms. The SMILES string of the molecule is COC(C(=O)NCc1ccc(C(=N)N)cc1)c1ccn(Cc2ccccc2)n1. The minimum Gasteiger partial charge on any atom is -0.384 e. The van der Waals surface area contributed by atoms with Gasteiger partial charge in [0.2, 0.25) is 0 Å². The first-order valence-corrected chi connectivity index (χ1v) is 8.88. The molecular formula is C21H23N5O2. The molecule has 0 saturated carbocycles. The van der Waals surface area contributed by atoms with Gasteiger partial charge in [0, 0.05) is 25.4 Å². The fourth-order valence-electron chi connectivity index (χ4n) is 2.82. The average molecular weight is 377 g/mol. The molecule has 3 aromatic rings. The van der Waals surface area contributed by atoms with Gasteiger partial charge in [0.1, 0.15) is 11.5 Å². The number of ether oxygens (including phenoxy) is 1. The van der Waals surface area contributed by atoms with Crippen molar-refractivity contribution in [3.8, 4) is 0 Å². The van der Waals surface area contributed by atoms with E-state index >= 15 is 0 Å². The molecule has 0 aliphatic carbocycles. The van der Waals surface area contributed by atoms with E-state index in [1.807, 2.05) is 48.7 Å². The van der Waals surface area contributed by atoms with Crippen LogP contribution in [-0.4, -0.2) is 28.6 Å². The Morgan fingerprint density at radius 1 is 1.14 bits per heavy atom. The summed E-state index contributed by atoms with van der Waals surface area (Å²) in [6.45, 7) is 0.975. The summed E-state index contributed by atoms with van der Waals surface area (Å²) in [5, 5.41) is 14.7. The highest BCUT2D eigenvalue weighted by Gasteiger charge is 2.22. The molecular weight excluding hydrogens is 354 g/mol. The van der Waals surface area contributed by atoms with E-state index in [0.717, 1.165) is 11.1 Å². The van der Waals surface area contributed by atoms with Crippen LogP contribution in [0.25, 0.3) is 0 Å². The standard InChI is InChI=1S/C21H23N5O2/c1-28-19(18-11-12-26(25-18)14-16-5-3-2-4-6-16)21(27)24-13-15-7-9-17(10-8-15)20(22)23/h2-12,19H,13-14H2,1H3,(H3,22,23)(H,24,27).